The Labute approximate surface area is 114 Å². The van der Waals surface area contributed by atoms with Gasteiger partial charge in [0, 0.05) is 19.0 Å². The zero-order valence-corrected chi connectivity index (χ0v) is 11.6. The molecule has 100 valence electrons. The first-order valence-corrected chi connectivity index (χ1v) is 6.82. The Balaban J connectivity index is 2.32. The highest BCUT2D eigenvalue weighted by Gasteiger charge is 2.10. The molecule has 0 fully saturated rings. The Bertz CT molecular complexity index is 566. The standard InChI is InChI=1S/C16H20N2O/c1-3-4-7-10-18(2)16-14(12-19)11-13-8-5-6-9-15(13)17-16/h5-6,8-9,11-12H,3-4,7,10H2,1-2H3. The smallest absolute Gasteiger partial charge is 0.153 e. The molecule has 0 aliphatic heterocycles. The van der Waals surface area contributed by atoms with Crippen LogP contribution in [0.4, 0.5) is 5.82 Å². The van der Waals surface area contributed by atoms with Gasteiger partial charge < -0.3 is 4.90 Å². The first kappa shape index (κ1) is 13.5. The zero-order chi connectivity index (χ0) is 13.7. The summed E-state index contributed by atoms with van der Waals surface area (Å²) in [5.41, 5.74) is 1.60. The van der Waals surface area contributed by atoms with E-state index in [2.05, 4.69) is 16.8 Å². The number of nitrogens with zero attached hydrogens (tertiary/aromatic N) is 2. The Morgan fingerprint density at radius 3 is 2.79 bits per heavy atom. The highest BCUT2D eigenvalue weighted by atomic mass is 16.1. The molecule has 0 amide bonds. The van der Waals surface area contributed by atoms with E-state index >= 15 is 0 Å². The third kappa shape index (κ3) is 3.11. The van der Waals surface area contributed by atoms with Crippen LogP contribution in [0.15, 0.2) is 30.3 Å². The molecule has 0 radical (unpaired) electrons. The van der Waals surface area contributed by atoms with Crippen LogP contribution in [-0.2, 0) is 0 Å². The number of pyridine rings is 1. The van der Waals surface area contributed by atoms with Crippen LogP contribution in [0, 0.1) is 0 Å². The summed E-state index contributed by atoms with van der Waals surface area (Å²) in [6, 6.07) is 9.81. The van der Waals surface area contributed by atoms with Crippen molar-refractivity contribution < 1.29 is 4.79 Å². The summed E-state index contributed by atoms with van der Waals surface area (Å²) in [6.07, 6.45) is 4.42. The summed E-state index contributed by atoms with van der Waals surface area (Å²) in [6.45, 7) is 3.12. The van der Waals surface area contributed by atoms with Crippen molar-refractivity contribution in [2.45, 2.75) is 26.2 Å². The number of para-hydroxylation sites is 1. The molecule has 0 N–H and O–H groups in total. The second-order valence-electron chi connectivity index (χ2n) is 4.84. The van der Waals surface area contributed by atoms with E-state index in [9.17, 15) is 4.79 Å². The Kier molecular flexibility index (Phi) is 4.50. The number of aromatic nitrogens is 1. The molecule has 1 heterocycles. The fraction of sp³-hybridized carbons (Fsp3) is 0.375. The van der Waals surface area contributed by atoms with Gasteiger partial charge >= 0.3 is 0 Å². The Morgan fingerprint density at radius 1 is 1.26 bits per heavy atom. The first-order valence-electron chi connectivity index (χ1n) is 6.82. The maximum absolute atomic E-state index is 11.2. The normalized spacial score (nSPS) is 10.6. The molecule has 0 saturated carbocycles. The number of carbonyl (C=O) groups excluding carboxylic acids is 1. The lowest BCUT2D eigenvalue weighted by Crippen LogP contribution is -2.21. The molecule has 0 bridgehead atoms. The molecule has 0 spiro atoms. The second-order valence-corrected chi connectivity index (χ2v) is 4.84. The van der Waals surface area contributed by atoms with E-state index in [0.29, 0.717) is 5.56 Å². The maximum Gasteiger partial charge on any atom is 0.153 e. The largest absolute Gasteiger partial charge is 0.359 e. The minimum atomic E-state index is 0.665. The van der Waals surface area contributed by atoms with Crippen molar-refractivity contribution in [1.82, 2.24) is 4.98 Å². The molecule has 0 unspecified atom stereocenters. The van der Waals surface area contributed by atoms with Crippen LogP contribution in [0.3, 0.4) is 0 Å². The van der Waals surface area contributed by atoms with Crippen molar-refractivity contribution in [2.24, 2.45) is 0 Å². The van der Waals surface area contributed by atoms with Gasteiger partial charge in [-0.15, -0.1) is 0 Å². The maximum atomic E-state index is 11.2. The average Bonchev–Trinajstić information content (AvgIpc) is 2.46. The van der Waals surface area contributed by atoms with Gasteiger partial charge in [-0.2, -0.15) is 0 Å². The van der Waals surface area contributed by atoms with Crippen LogP contribution in [0.25, 0.3) is 10.9 Å². The number of hydrogen-bond acceptors (Lipinski definition) is 3. The fourth-order valence-corrected chi connectivity index (χ4v) is 2.22. The number of aldehydes is 1. The van der Waals surface area contributed by atoms with Gasteiger partial charge in [0.15, 0.2) is 6.29 Å². The van der Waals surface area contributed by atoms with E-state index in [1.54, 1.807) is 0 Å². The van der Waals surface area contributed by atoms with Gasteiger partial charge in [0.2, 0.25) is 0 Å². The predicted molar refractivity (Wildman–Crippen MR) is 79.9 cm³/mol. The van der Waals surface area contributed by atoms with Gasteiger partial charge in [0.1, 0.15) is 5.82 Å². The minimum Gasteiger partial charge on any atom is -0.359 e. The van der Waals surface area contributed by atoms with Crippen LogP contribution in [0.1, 0.15) is 36.5 Å². The first-order chi connectivity index (χ1) is 9.26. The van der Waals surface area contributed by atoms with Crippen LogP contribution in [-0.4, -0.2) is 24.9 Å². The molecule has 3 nitrogen and oxygen atoms in total. The van der Waals surface area contributed by atoms with Crippen molar-refractivity contribution in [2.75, 3.05) is 18.5 Å². The molecule has 0 aliphatic carbocycles. The number of carbonyl (C=O) groups is 1. The number of fused-ring (bicyclic) bond motifs is 1. The Hall–Kier alpha value is -1.90. The van der Waals surface area contributed by atoms with E-state index in [0.717, 1.165) is 36.0 Å². The van der Waals surface area contributed by atoms with Crippen molar-refractivity contribution in [1.29, 1.82) is 0 Å². The van der Waals surface area contributed by atoms with Gasteiger partial charge in [-0.1, -0.05) is 38.0 Å². The third-order valence-electron chi connectivity index (χ3n) is 3.32. The van der Waals surface area contributed by atoms with Crippen LogP contribution in [0.5, 0.6) is 0 Å². The van der Waals surface area contributed by atoms with Gasteiger partial charge in [-0.3, -0.25) is 4.79 Å². The quantitative estimate of drug-likeness (QED) is 0.584. The average molecular weight is 256 g/mol. The lowest BCUT2D eigenvalue weighted by Gasteiger charge is -2.20. The molecule has 3 heteroatoms. The number of anilines is 1. The molecule has 0 aliphatic rings. The SMILES string of the molecule is CCCCCN(C)c1nc2ccccc2cc1C=O. The van der Waals surface area contributed by atoms with E-state index in [-0.39, 0.29) is 0 Å². The summed E-state index contributed by atoms with van der Waals surface area (Å²) < 4.78 is 0. The summed E-state index contributed by atoms with van der Waals surface area (Å²) in [4.78, 5) is 17.9. The number of unbranched alkanes of at least 4 members (excludes halogenated alkanes) is 2. The molecule has 19 heavy (non-hydrogen) atoms. The summed E-state index contributed by atoms with van der Waals surface area (Å²) in [7, 11) is 2.00. The number of benzene rings is 1. The van der Waals surface area contributed by atoms with Crippen LogP contribution >= 0.6 is 0 Å². The molecular weight excluding hydrogens is 236 g/mol. The molecule has 1 aromatic heterocycles. The monoisotopic (exact) mass is 256 g/mol. The Morgan fingerprint density at radius 2 is 2.05 bits per heavy atom. The third-order valence-corrected chi connectivity index (χ3v) is 3.32. The summed E-state index contributed by atoms with van der Waals surface area (Å²) in [5, 5.41) is 1.01. The van der Waals surface area contributed by atoms with E-state index in [4.69, 9.17) is 0 Å². The number of rotatable bonds is 6. The van der Waals surface area contributed by atoms with E-state index in [1.807, 2.05) is 37.4 Å². The van der Waals surface area contributed by atoms with Crippen molar-refractivity contribution in [3.63, 3.8) is 0 Å². The van der Waals surface area contributed by atoms with Crippen molar-refractivity contribution in [3.05, 3.63) is 35.9 Å². The van der Waals surface area contributed by atoms with Gasteiger partial charge in [-0.25, -0.2) is 4.98 Å². The molecule has 0 saturated heterocycles. The van der Waals surface area contributed by atoms with E-state index in [1.165, 1.54) is 12.8 Å². The topological polar surface area (TPSA) is 33.2 Å². The van der Waals surface area contributed by atoms with Crippen LogP contribution < -0.4 is 4.90 Å². The highest BCUT2D eigenvalue weighted by molar-refractivity contribution is 5.91. The summed E-state index contributed by atoms with van der Waals surface area (Å²) in [5.74, 6) is 0.782. The van der Waals surface area contributed by atoms with Gasteiger partial charge in [0.25, 0.3) is 0 Å². The van der Waals surface area contributed by atoms with Gasteiger partial charge in [0.05, 0.1) is 11.1 Å². The number of hydrogen-bond donors (Lipinski definition) is 0. The van der Waals surface area contributed by atoms with Crippen molar-refractivity contribution >= 4 is 23.0 Å². The van der Waals surface area contributed by atoms with Gasteiger partial charge in [-0.05, 0) is 18.6 Å². The highest BCUT2D eigenvalue weighted by Crippen LogP contribution is 2.21. The predicted octanol–water partition coefficient (Wildman–Crippen LogP) is 3.67. The van der Waals surface area contributed by atoms with Crippen LogP contribution in [0.2, 0.25) is 0 Å². The molecular formula is C16H20N2O. The minimum absolute atomic E-state index is 0.665. The molecule has 1 aromatic carbocycles. The lowest BCUT2D eigenvalue weighted by atomic mass is 10.1. The second kappa shape index (κ2) is 6.32. The molecule has 2 aromatic rings. The summed E-state index contributed by atoms with van der Waals surface area (Å²) >= 11 is 0. The lowest BCUT2D eigenvalue weighted by molar-refractivity contribution is 0.112. The molecule has 2 rings (SSSR count). The zero-order valence-electron chi connectivity index (χ0n) is 11.6. The molecule has 0 atom stereocenters. The fourth-order valence-electron chi connectivity index (χ4n) is 2.22. The van der Waals surface area contributed by atoms with E-state index < -0.39 is 0 Å². The van der Waals surface area contributed by atoms with Crippen molar-refractivity contribution in [3.8, 4) is 0 Å².